The Balaban J connectivity index is 1.42. The van der Waals surface area contributed by atoms with E-state index in [4.69, 9.17) is 19.4 Å². The molecular formula is C28H29F2N7O4. The lowest BCUT2D eigenvalue weighted by Crippen LogP contribution is -2.41. The number of hydrogen-bond acceptors (Lipinski definition) is 9. The van der Waals surface area contributed by atoms with Gasteiger partial charge in [0.1, 0.15) is 6.10 Å². The van der Waals surface area contributed by atoms with Gasteiger partial charge in [0.25, 0.3) is 0 Å². The summed E-state index contributed by atoms with van der Waals surface area (Å²) in [5.74, 6) is -2.60. The summed E-state index contributed by atoms with van der Waals surface area (Å²) >= 11 is 0. The summed E-state index contributed by atoms with van der Waals surface area (Å²) in [6.07, 6.45) is 3.66. The van der Waals surface area contributed by atoms with Crippen LogP contribution in [-0.2, 0) is 20.8 Å². The molecule has 0 spiro atoms. The fourth-order valence-electron chi connectivity index (χ4n) is 4.68. The molecule has 5 rings (SSSR count). The van der Waals surface area contributed by atoms with Gasteiger partial charge in [0.05, 0.1) is 43.3 Å². The van der Waals surface area contributed by atoms with Crippen molar-refractivity contribution in [2.45, 2.75) is 25.5 Å². The zero-order valence-corrected chi connectivity index (χ0v) is 22.8. The number of hydroxylamine groups is 2. The van der Waals surface area contributed by atoms with Crippen molar-refractivity contribution in [3.8, 4) is 23.0 Å². The molecule has 2 atom stereocenters. The maximum Gasteiger partial charge on any atom is 0.316 e. The molecule has 11 nitrogen and oxygen atoms in total. The Bertz CT molecular complexity index is 1500. The molecule has 41 heavy (non-hydrogen) atoms. The zero-order valence-electron chi connectivity index (χ0n) is 22.8. The highest BCUT2D eigenvalue weighted by Crippen LogP contribution is 2.31. The smallest absolute Gasteiger partial charge is 0.316 e. The number of ether oxygens (including phenoxy) is 2. The molecule has 1 fully saturated rings. The molecule has 214 valence electrons. The minimum absolute atomic E-state index is 0.0118. The summed E-state index contributed by atoms with van der Waals surface area (Å²) in [5, 5.41) is 9.44. The van der Waals surface area contributed by atoms with E-state index in [1.807, 2.05) is 37.3 Å². The Morgan fingerprint density at radius 3 is 2.56 bits per heavy atom. The van der Waals surface area contributed by atoms with Crippen LogP contribution in [0.3, 0.4) is 0 Å². The lowest BCUT2D eigenvalue weighted by molar-refractivity contribution is -0.154. The quantitative estimate of drug-likeness (QED) is 0.290. The Morgan fingerprint density at radius 2 is 1.88 bits per heavy atom. The first kappa shape index (κ1) is 28.2. The van der Waals surface area contributed by atoms with Crippen LogP contribution in [0.1, 0.15) is 22.9 Å². The second kappa shape index (κ2) is 12.5. The molecule has 1 aliphatic heterocycles. The number of amides is 1. The van der Waals surface area contributed by atoms with Gasteiger partial charge in [0.2, 0.25) is 11.9 Å². The number of carbonyl (C=O) groups excluding carboxylic acids is 1. The number of para-hydroxylation sites is 1. The Morgan fingerprint density at radius 1 is 1.12 bits per heavy atom. The summed E-state index contributed by atoms with van der Waals surface area (Å²) < 4.78 is 39.4. The molecule has 1 aliphatic rings. The van der Waals surface area contributed by atoms with E-state index in [-0.39, 0.29) is 18.3 Å². The number of rotatable bonds is 10. The molecule has 0 bridgehead atoms. The number of methoxy groups -OCH3 is 2. The van der Waals surface area contributed by atoms with E-state index in [0.717, 1.165) is 17.3 Å². The number of nitrogens with zero attached hydrogens (tertiary/aromatic N) is 6. The third-order valence-corrected chi connectivity index (χ3v) is 6.72. The molecular weight excluding hydrogens is 536 g/mol. The van der Waals surface area contributed by atoms with Crippen molar-refractivity contribution in [2.24, 2.45) is 0 Å². The molecule has 3 aromatic heterocycles. The van der Waals surface area contributed by atoms with Gasteiger partial charge in [-0.25, -0.2) is 24.0 Å². The number of aromatic nitrogens is 5. The van der Waals surface area contributed by atoms with Crippen LogP contribution < -0.4 is 10.1 Å². The van der Waals surface area contributed by atoms with Gasteiger partial charge in [-0.05, 0) is 30.7 Å². The van der Waals surface area contributed by atoms with E-state index >= 15 is 0 Å². The van der Waals surface area contributed by atoms with Gasteiger partial charge in [0.15, 0.2) is 5.82 Å². The highest BCUT2D eigenvalue weighted by atomic mass is 19.2. The first-order chi connectivity index (χ1) is 19.9. The Kier molecular flexibility index (Phi) is 8.57. The molecule has 0 unspecified atom stereocenters. The summed E-state index contributed by atoms with van der Waals surface area (Å²) in [5.41, 5.74) is 3.83. The first-order valence-corrected chi connectivity index (χ1v) is 12.9. The number of hydrogen-bond donors (Lipinski definition) is 1. The van der Waals surface area contributed by atoms with Crippen molar-refractivity contribution in [3.05, 3.63) is 83.6 Å². The van der Waals surface area contributed by atoms with Gasteiger partial charge < -0.3 is 14.8 Å². The largest absolute Gasteiger partial charge is 0.467 e. The van der Waals surface area contributed by atoms with E-state index in [0.29, 0.717) is 42.2 Å². The van der Waals surface area contributed by atoms with Crippen LogP contribution in [0.2, 0.25) is 0 Å². The third kappa shape index (κ3) is 6.21. The normalized spacial score (nSPS) is 17.1. The van der Waals surface area contributed by atoms with Crippen LogP contribution in [0.5, 0.6) is 6.01 Å². The van der Waals surface area contributed by atoms with Gasteiger partial charge in [-0.3, -0.25) is 9.63 Å². The lowest BCUT2D eigenvalue weighted by Gasteiger charge is -2.19. The van der Waals surface area contributed by atoms with Crippen LogP contribution >= 0.6 is 0 Å². The molecule has 4 aromatic rings. The number of pyridine rings is 1. The molecule has 1 amide bonds. The second-order valence-corrected chi connectivity index (χ2v) is 9.42. The summed E-state index contributed by atoms with van der Waals surface area (Å²) in [4.78, 5) is 31.3. The summed E-state index contributed by atoms with van der Waals surface area (Å²) in [7, 11) is 3.05. The van der Waals surface area contributed by atoms with Gasteiger partial charge in [-0.2, -0.15) is 14.6 Å². The average molecular weight is 566 g/mol. The van der Waals surface area contributed by atoms with Crippen LogP contribution in [0.15, 0.2) is 55.0 Å². The van der Waals surface area contributed by atoms with E-state index < -0.39 is 23.9 Å². The number of halogens is 2. The molecule has 1 saturated heterocycles. The molecule has 4 heterocycles. The fourth-order valence-corrected chi connectivity index (χ4v) is 4.68. The molecule has 1 N–H and O–H groups in total. The minimum Gasteiger partial charge on any atom is -0.467 e. The van der Waals surface area contributed by atoms with Crippen molar-refractivity contribution in [1.29, 1.82) is 0 Å². The minimum atomic E-state index is -1.20. The highest BCUT2D eigenvalue weighted by molar-refractivity contribution is 5.80. The molecule has 1 aromatic carbocycles. The predicted octanol–water partition coefficient (Wildman–Crippen LogP) is 2.98. The summed E-state index contributed by atoms with van der Waals surface area (Å²) in [6, 6.07) is 10.2. The van der Waals surface area contributed by atoms with Gasteiger partial charge in [-0.15, -0.1) is 0 Å². The van der Waals surface area contributed by atoms with E-state index in [9.17, 15) is 13.6 Å². The van der Waals surface area contributed by atoms with Gasteiger partial charge in [-0.1, -0.05) is 18.2 Å². The standard InChI is InChI=1S/C28H29F2N7O4/c1-17-23(37(20-7-5-4-6-8-20)35-25(17)19-14-32-28(40-3)33-15-19)12-24(38)34-22-16-36(9-10-39-2)41-26(22)18-11-21(29)27(30)31-13-18/h4-8,11,13-15,22,26H,9-10,12,16H2,1-3H3,(H,34,38)/t22-,26+/m1/s1. The first-order valence-electron chi connectivity index (χ1n) is 12.9. The molecule has 0 saturated carbocycles. The second-order valence-electron chi connectivity index (χ2n) is 9.42. The van der Waals surface area contributed by atoms with Crippen LogP contribution in [0, 0.1) is 18.7 Å². The SMILES string of the molecule is COCCN1C[C@@H](NC(=O)Cc2c(C)c(-c3cnc(OC)nc3)nn2-c2ccccc2)[C@H](c2cnc(F)c(F)c2)O1. The zero-order chi connectivity index (χ0) is 28.9. The number of nitrogens with one attached hydrogen (secondary N) is 1. The number of benzene rings is 1. The van der Waals surface area contributed by atoms with Crippen LogP contribution in [-0.4, -0.2) is 75.7 Å². The van der Waals surface area contributed by atoms with E-state index in [1.165, 1.54) is 13.3 Å². The predicted molar refractivity (Wildman–Crippen MR) is 143 cm³/mol. The van der Waals surface area contributed by atoms with Gasteiger partial charge in [0, 0.05) is 49.9 Å². The fraction of sp³-hybridized carbons (Fsp3) is 0.321. The van der Waals surface area contributed by atoms with Crippen molar-refractivity contribution in [3.63, 3.8) is 0 Å². The summed E-state index contributed by atoms with van der Waals surface area (Å²) in [6.45, 7) is 3.00. The lowest BCUT2D eigenvalue weighted by atomic mass is 10.0. The Hall–Kier alpha value is -4.33. The van der Waals surface area contributed by atoms with Crippen molar-refractivity contribution >= 4 is 5.91 Å². The van der Waals surface area contributed by atoms with Crippen LogP contribution in [0.25, 0.3) is 16.9 Å². The molecule has 0 aliphatic carbocycles. The van der Waals surface area contributed by atoms with Crippen molar-refractivity contribution in [1.82, 2.24) is 35.1 Å². The molecule has 13 heteroatoms. The van der Waals surface area contributed by atoms with E-state index in [2.05, 4.69) is 20.3 Å². The maximum atomic E-state index is 14.0. The topological polar surface area (TPSA) is 117 Å². The van der Waals surface area contributed by atoms with E-state index in [1.54, 1.807) is 29.2 Å². The van der Waals surface area contributed by atoms with Crippen molar-refractivity contribution in [2.75, 3.05) is 33.9 Å². The average Bonchev–Trinajstić information content (AvgIpc) is 3.54. The van der Waals surface area contributed by atoms with Crippen LogP contribution in [0.4, 0.5) is 8.78 Å². The molecule has 0 radical (unpaired) electrons. The highest BCUT2D eigenvalue weighted by Gasteiger charge is 2.37. The third-order valence-electron chi connectivity index (χ3n) is 6.72. The Labute approximate surface area is 235 Å². The van der Waals surface area contributed by atoms with Crippen molar-refractivity contribution < 1.29 is 27.9 Å². The van der Waals surface area contributed by atoms with Gasteiger partial charge >= 0.3 is 6.01 Å². The maximum absolute atomic E-state index is 14.0. The number of carbonyl (C=O) groups is 1. The monoisotopic (exact) mass is 565 g/mol.